The summed E-state index contributed by atoms with van der Waals surface area (Å²) in [4.78, 5) is 22.8. The smallest absolute Gasteiger partial charge is 0.333 e. The van der Waals surface area contributed by atoms with Gasteiger partial charge in [-0.3, -0.25) is 9.13 Å². The number of hydrogen-bond donors (Lipinski definition) is 1. The van der Waals surface area contributed by atoms with Crippen molar-refractivity contribution in [2.24, 2.45) is 5.92 Å². The monoisotopic (exact) mass is 419 g/mol. The summed E-state index contributed by atoms with van der Waals surface area (Å²) in [7, 11) is 0. The highest BCUT2D eigenvalue weighted by Gasteiger charge is 2.23. The van der Waals surface area contributed by atoms with Crippen molar-refractivity contribution in [1.29, 1.82) is 0 Å². The summed E-state index contributed by atoms with van der Waals surface area (Å²) in [6, 6.07) is 10.4. The van der Waals surface area contributed by atoms with Crippen LogP contribution in [0.5, 0.6) is 0 Å². The molecule has 6 heteroatoms. The zero-order valence-electron chi connectivity index (χ0n) is 19.2. The summed E-state index contributed by atoms with van der Waals surface area (Å²) in [5.74, 6) is 1.43. The molecular formula is C25H33N5O. The van der Waals surface area contributed by atoms with Crippen LogP contribution in [0.25, 0.3) is 17.1 Å². The molecule has 0 radical (unpaired) electrons. The molecule has 31 heavy (non-hydrogen) atoms. The Morgan fingerprint density at radius 1 is 1.10 bits per heavy atom. The van der Waals surface area contributed by atoms with Crippen molar-refractivity contribution in [1.82, 2.24) is 19.1 Å². The van der Waals surface area contributed by atoms with E-state index < -0.39 is 0 Å². The predicted octanol–water partition coefficient (Wildman–Crippen LogP) is 5.28. The minimum absolute atomic E-state index is 0.0394. The van der Waals surface area contributed by atoms with Crippen molar-refractivity contribution >= 4 is 5.95 Å². The van der Waals surface area contributed by atoms with Crippen molar-refractivity contribution in [2.45, 2.75) is 72.4 Å². The van der Waals surface area contributed by atoms with Crippen molar-refractivity contribution in [3.63, 3.8) is 0 Å². The number of benzene rings is 1. The van der Waals surface area contributed by atoms with Crippen LogP contribution in [0.4, 0.5) is 5.95 Å². The van der Waals surface area contributed by atoms with E-state index in [0.717, 1.165) is 47.1 Å². The predicted molar refractivity (Wildman–Crippen MR) is 126 cm³/mol. The Balaban J connectivity index is 1.79. The molecule has 4 rings (SSSR count). The number of rotatable bonds is 5. The Kier molecular flexibility index (Phi) is 5.99. The Morgan fingerprint density at radius 2 is 1.84 bits per heavy atom. The summed E-state index contributed by atoms with van der Waals surface area (Å²) < 4.78 is 3.63. The van der Waals surface area contributed by atoms with Crippen LogP contribution in [0.1, 0.15) is 63.8 Å². The number of nitrogens with zero attached hydrogens (tertiary/aromatic N) is 4. The maximum atomic E-state index is 13.4. The second-order valence-corrected chi connectivity index (χ2v) is 9.22. The molecule has 1 aliphatic carbocycles. The Bertz CT molecular complexity index is 1120. The van der Waals surface area contributed by atoms with Gasteiger partial charge in [-0.05, 0) is 83.1 Å². The van der Waals surface area contributed by atoms with Gasteiger partial charge in [0.25, 0.3) is 0 Å². The van der Waals surface area contributed by atoms with Gasteiger partial charge in [-0.15, -0.1) is 0 Å². The van der Waals surface area contributed by atoms with E-state index in [-0.39, 0.29) is 11.7 Å². The second-order valence-electron chi connectivity index (χ2n) is 9.22. The first kappa shape index (κ1) is 21.3. The van der Waals surface area contributed by atoms with E-state index in [9.17, 15) is 4.79 Å². The molecule has 1 N–H and O–H groups in total. The van der Waals surface area contributed by atoms with Gasteiger partial charge in [0.2, 0.25) is 5.95 Å². The Morgan fingerprint density at radius 3 is 2.52 bits per heavy atom. The number of nitrogens with one attached hydrogen (secondary N) is 1. The normalized spacial score (nSPS) is 19.0. The van der Waals surface area contributed by atoms with Gasteiger partial charge in [-0.1, -0.05) is 19.1 Å². The molecule has 164 valence electrons. The molecule has 0 unspecified atom stereocenters. The highest BCUT2D eigenvalue weighted by Crippen LogP contribution is 2.28. The average molecular weight is 420 g/mol. The SMILES string of the molecule is Cc1cccc(-n2c(-c3ccnc(N[C@H]4CC[C@H](C)CC4)n3)c(C)n(C(C)C)c2=O)c1. The molecule has 2 heterocycles. The lowest BCUT2D eigenvalue weighted by Crippen LogP contribution is -2.26. The molecule has 3 aromatic rings. The zero-order chi connectivity index (χ0) is 22.1. The first-order chi connectivity index (χ1) is 14.8. The number of imidazole rings is 1. The largest absolute Gasteiger partial charge is 0.351 e. The third kappa shape index (κ3) is 4.29. The van der Waals surface area contributed by atoms with Crippen LogP contribution in [0.3, 0.4) is 0 Å². The van der Waals surface area contributed by atoms with Gasteiger partial charge in [-0.25, -0.2) is 14.8 Å². The van der Waals surface area contributed by atoms with E-state index in [1.165, 1.54) is 12.8 Å². The molecule has 6 nitrogen and oxygen atoms in total. The molecule has 0 amide bonds. The number of aromatic nitrogens is 4. The molecule has 1 aliphatic rings. The van der Waals surface area contributed by atoms with Crippen LogP contribution >= 0.6 is 0 Å². The van der Waals surface area contributed by atoms with Crippen molar-refractivity contribution < 1.29 is 0 Å². The minimum atomic E-state index is -0.0394. The third-order valence-electron chi connectivity index (χ3n) is 6.35. The average Bonchev–Trinajstić information content (AvgIpc) is 3.00. The Labute approximate surface area is 184 Å². The summed E-state index contributed by atoms with van der Waals surface area (Å²) in [6.07, 6.45) is 6.55. The van der Waals surface area contributed by atoms with E-state index in [0.29, 0.717) is 12.0 Å². The van der Waals surface area contributed by atoms with Gasteiger partial charge in [0.05, 0.1) is 17.1 Å². The molecule has 2 aromatic heterocycles. The lowest BCUT2D eigenvalue weighted by atomic mass is 9.87. The minimum Gasteiger partial charge on any atom is -0.351 e. The fraction of sp³-hybridized carbons (Fsp3) is 0.480. The summed E-state index contributed by atoms with van der Waals surface area (Å²) in [5.41, 5.74) is 4.43. The molecule has 0 spiro atoms. The van der Waals surface area contributed by atoms with Crippen LogP contribution < -0.4 is 11.0 Å². The van der Waals surface area contributed by atoms with Gasteiger partial charge < -0.3 is 5.32 Å². The van der Waals surface area contributed by atoms with E-state index >= 15 is 0 Å². The lowest BCUT2D eigenvalue weighted by molar-refractivity contribution is 0.360. The topological polar surface area (TPSA) is 64.7 Å². The van der Waals surface area contributed by atoms with E-state index in [1.54, 1.807) is 10.8 Å². The first-order valence-corrected chi connectivity index (χ1v) is 11.4. The number of hydrogen-bond acceptors (Lipinski definition) is 4. The molecular weight excluding hydrogens is 386 g/mol. The van der Waals surface area contributed by atoms with Crippen LogP contribution in [0, 0.1) is 19.8 Å². The highest BCUT2D eigenvalue weighted by molar-refractivity contribution is 5.62. The van der Waals surface area contributed by atoms with Gasteiger partial charge in [0, 0.05) is 24.0 Å². The number of aryl methyl sites for hydroxylation is 1. The Hall–Kier alpha value is -2.89. The fourth-order valence-electron chi connectivity index (χ4n) is 4.68. The molecule has 1 saturated carbocycles. The summed E-state index contributed by atoms with van der Waals surface area (Å²) in [6.45, 7) is 10.4. The lowest BCUT2D eigenvalue weighted by Gasteiger charge is -2.26. The molecule has 0 saturated heterocycles. The fourth-order valence-corrected chi connectivity index (χ4v) is 4.68. The first-order valence-electron chi connectivity index (χ1n) is 11.4. The van der Waals surface area contributed by atoms with Crippen molar-refractivity contribution in [3.05, 3.63) is 58.3 Å². The molecule has 0 bridgehead atoms. The summed E-state index contributed by atoms with van der Waals surface area (Å²) in [5, 5.41) is 3.53. The molecule has 0 aliphatic heterocycles. The summed E-state index contributed by atoms with van der Waals surface area (Å²) >= 11 is 0. The van der Waals surface area contributed by atoms with Gasteiger partial charge in [-0.2, -0.15) is 0 Å². The quantitative estimate of drug-likeness (QED) is 0.611. The maximum absolute atomic E-state index is 13.4. The highest BCUT2D eigenvalue weighted by atomic mass is 16.1. The third-order valence-corrected chi connectivity index (χ3v) is 6.35. The molecule has 0 atom stereocenters. The standard InChI is InChI=1S/C25H33N5O/c1-16(2)29-19(5)23(30(25(29)31)21-8-6-7-18(4)15-21)22-13-14-26-24(28-22)27-20-11-9-17(3)10-12-20/h6-8,13-17,20H,9-12H2,1-5H3,(H,26,27,28)/t17-,20-. The van der Waals surface area contributed by atoms with E-state index in [2.05, 4.69) is 17.2 Å². The van der Waals surface area contributed by atoms with E-state index in [1.807, 2.05) is 62.6 Å². The second kappa shape index (κ2) is 8.69. The van der Waals surface area contributed by atoms with Crippen LogP contribution in [0.2, 0.25) is 0 Å². The molecule has 1 fully saturated rings. The molecule has 1 aromatic carbocycles. The van der Waals surface area contributed by atoms with Gasteiger partial charge in [0.15, 0.2) is 0 Å². The van der Waals surface area contributed by atoms with Crippen molar-refractivity contribution in [2.75, 3.05) is 5.32 Å². The van der Waals surface area contributed by atoms with Gasteiger partial charge >= 0.3 is 5.69 Å². The van der Waals surface area contributed by atoms with E-state index in [4.69, 9.17) is 4.98 Å². The van der Waals surface area contributed by atoms with Crippen LogP contribution in [-0.2, 0) is 0 Å². The maximum Gasteiger partial charge on any atom is 0.333 e. The van der Waals surface area contributed by atoms with Gasteiger partial charge in [0.1, 0.15) is 0 Å². The zero-order valence-corrected chi connectivity index (χ0v) is 19.2. The number of anilines is 1. The van der Waals surface area contributed by atoms with Crippen LogP contribution in [0.15, 0.2) is 41.3 Å². The van der Waals surface area contributed by atoms with Crippen LogP contribution in [-0.4, -0.2) is 25.1 Å². The van der Waals surface area contributed by atoms with Crippen molar-refractivity contribution in [3.8, 4) is 17.1 Å².